The fourth-order valence-electron chi connectivity index (χ4n) is 1.25. The first kappa shape index (κ1) is 10.9. The zero-order valence-electron chi connectivity index (χ0n) is 8.15. The van der Waals surface area contributed by atoms with Crippen LogP contribution in [-0.4, -0.2) is 31.3 Å². The number of halogens is 1. The lowest BCUT2D eigenvalue weighted by Crippen LogP contribution is -2.34. The normalized spacial score (nSPS) is 12.6. The van der Waals surface area contributed by atoms with Gasteiger partial charge in [0.1, 0.15) is 5.82 Å². The molecule has 1 unspecified atom stereocenters. The van der Waals surface area contributed by atoms with Gasteiger partial charge in [0.05, 0.1) is 11.8 Å². The molecule has 1 atom stereocenters. The Labute approximate surface area is 83.0 Å². The lowest BCUT2D eigenvalue weighted by atomic mass is 10.2. The predicted octanol–water partition coefficient (Wildman–Crippen LogP) is 0.581. The maximum Gasteiger partial charge on any atom is 0.146 e. The Kier molecular flexibility index (Phi) is 3.85. The Bertz CT molecular complexity index is 293. The highest BCUT2D eigenvalue weighted by Gasteiger charge is 2.09. The lowest BCUT2D eigenvalue weighted by Gasteiger charge is -2.22. The Balaban J connectivity index is 2.69. The van der Waals surface area contributed by atoms with E-state index in [1.165, 1.54) is 6.07 Å². The summed E-state index contributed by atoms with van der Waals surface area (Å²) >= 11 is 0. The number of aliphatic hydroxyl groups is 1. The summed E-state index contributed by atoms with van der Waals surface area (Å²) < 4.78 is 13.2. The Morgan fingerprint density at radius 1 is 1.50 bits per heavy atom. The van der Waals surface area contributed by atoms with Crippen LogP contribution in [0.2, 0.25) is 0 Å². The minimum Gasteiger partial charge on any atom is -0.390 e. The second-order valence-electron chi connectivity index (χ2n) is 3.22. The largest absolute Gasteiger partial charge is 0.390 e. The van der Waals surface area contributed by atoms with Crippen molar-refractivity contribution in [3.63, 3.8) is 0 Å². The average Bonchev–Trinajstić information content (AvgIpc) is 2.18. The molecule has 0 aromatic heterocycles. The van der Waals surface area contributed by atoms with E-state index in [-0.39, 0.29) is 12.4 Å². The van der Waals surface area contributed by atoms with Gasteiger partial charge < -0.3 is 15.7 Å². The number of nitrogens with zero attached hydrogens (tertiary/aromatic N) is 1. The van der Waals surface area contributed by atoms with Crippen molar-refractivity contribution in [1.29, 1.82) is 0 Å². The molecule has 1 rings (SSSR count). The van der Waals surface area contributed by atoms with Gasteiger partial charge in [-0.3, -0.25) is 0 Å². The molecule has 14 heavy (non-hydrogen) atoms. The van der Waals surface area contributed by atoms with E-state index in [0.717, 1.165) is 0 Å². The zero-order chi connectivity index (χ0) is 10.6. The summed E-state index contributed by atoms with van der Waals surface area (Å²) in [5.41, 5.74) is 5.74. The van der Waals surface area contributed by atoms with Crippen LogP contribution in [0, 0.1) is 5.82 Å². The van der Waals surface area contributed by atoms with Crippen LogP contribution in [0.1, 0.15) is 0 Å². The molecule has 0 spiro atoms. The van der Waals surface area contributed by atoms with Crippen molar-refractivity contribution in [2.75, 3.05) is 25.0 Å². The van der Waals surface area contributed by atoms with Crippen LogP contribution in [0.15, 0.2) is 24.3 Å². The number of aliphatic hydroxyl groups excluding tert-OH is 1. The average molecular weight is 198 g/mol. The maximum atomic E-state index is 13.2. The molecule has 1 aromatic carbocycles. The van der Waals surface area contributed by atoms with Crippen molar-refractivity contribution in [3.8, 4) is 0 Å². The Morgan fingerprint density at radius 2 is 2.14 bits per heavy atom. The van der Waals surface area contributed by atoms with Crippen LogP contribution in [0.5, 0.6) is 0 Å². The predicted molar refractivity (Wildman–Crippen MR) is 54.7 cm³/mol. The van der Waals surface area contributed by atoms with E-state index in [9.17, 15) is 9.50 Å². The fourth-order valence-corrected chi connectivity index (χ4v) is 1.25. The van der Waals surface area contributed by atoms with Gasteiger partial charge in [-0.15, -0.1) is 0 Å². The minimum absolute atomic E-state index is 0.179. The molecule has 0 saturated heterocycles. The molecule has 0 aliphatic carbocycles. The number of hydrogen-bond donors (Lipinski definition) is 2. The van der Waals surface area contributed by atoms with Crippen LogP contribution >= 0.6 is 0 Å². The molecule has 0 amide bonds. The maximum absolute atomic E-state index is 13.2. The molecule has 1 aromatic rings. The highest BCUT2D eigenvalue weighted by molar-refractivity contribution is 5.46. The fraction of sp³-hybridized carbons (Fsp3) is 0.400. The summed E-state index contributed by atoms with van der Waals surface area (Å²) in [4.78, 5) is 1.65. The zero-order valence-corrected chi connectivity index (χ0v) is 8.15. The van der Waals surface area contributed by atoms with Crippen LogP contribution < -0.4 is 10.6 Å². The number of nitrogens with two attached hydrogens (primary N) is 1. The van der Waals surface area contributed by atoms with E-state index >= 15 is 0 Å². The summed E-state index contributed by atoms with van der Waals surface area (Å²) in [6, 6.07) is 6.44. The molecule has 0 fully saturated rings. The van der Waals surface area contributed by atoms with Gasteiger partial charge in [-0.2, -0.15) is 0 Å². The number of hydrogen-bond acceptors (Lipinski definition) is 3. The third kappa shape index (κ3) is 2.68. The smallest absolute Gasteiger partial charge is 0.146 e. The molecule has 0 bridgehead atoms. The van der Waals surface area contributed by atoms with Gasteiger partial charge in [0.15, 0.2) is 0 Å². The SMILES string of the molecule is CN(CC(O)CN)c1ccccc1F. The number of rotatable bonds is 4. The van der Waals surface area contributed by atoms with Crippen molar-refractivity contribution in [1.82, 2.24) is 0 Å². The number of likely N-dealkylation sites (N-methyl/N-ethyl adjacent to an activating group) is 1. The molecular weight excluding hydrogens is 183 g/mol. The third-order valence-corrected chi connectivity index (χ3v) is 2.02. The monoisotopic (exact) mass is 198 g/mol. The van der Waals surface area contributed by atoms with Gasteiger partial charge in [0, 0.05) is 20.1 Å². The first-order chi connectivity index (χ1) is 6.65. The summed E-state index contributed by atoms with van der Waals surface area (Å²) in [6.07, 6.45) is -0.625. The number of para-hydroxylation sites is 1. The molecule has 4 heteroatoms. The molecule has 0 heterocycles. The number of benzene rings is 1. The molecule has 3 nitrogen and oxygen atoms in total. The van der Waals surface area contributed by atoms with Crippen LogP contribution in [0.4, 0.5) is 10.1 Å². The molecule has 0 aliphatic rings. The molecule has 0 aliphatic heterocycles. The molecule has 3 N–H and O–H groups in total. The van der Waals surface area contributed by atoms with E-state index in [0.29, 0.717) is 12.2 Å². The standard InChI is InChI=1S/C10H15FN2O/c1-13(7-8(14)6-12)10-5-3-2-4-9(10)11/h2-5,8,14H,6-7,12H2,1H3. The van der Waals surface area contributed by atoms with Crippen molar-refractivity contribution < 1.29 is 9.50 Å². The van der Waals surface area contributed by atoms with Gasteiger partial charge in [-0.1, -0.05) is 12.1 Å². The lowest BCUT2D eigenvalue weighted by molar-refractivity contribution is 0.189. The van der Waals surface area contributed by atoms with Crippen molar-refractivity contribution in [2.24, 2.45) is 5.73 Å². The van der Waals surface area contributed by atoms with Gasteiger partial charge in [-0.05, 0) is 12.1 Å². The topological polar surface area (TPSA) is 49.5 Å². The Hall–Kier alpha value is -1.13. The van der Waals surface area contributed by atoms with Crippen LogP contribution in [-0.2, 0) is 0 Å². The molecule has 0 saturated carbocycles. The first-order valence-corrected chi connectivity index (χ1v) is 4.49. The summed E-state index contributed by atoms with van der Waals surface area (Å²) in [5.74, 6) is -0.292. The van der Waals surface area contributed by atoms with E-state index in [4.69, 9.17) is 5.73 Å². The molecule has 0 radical (unpaired) electrons. The van der Waals surface area contributed by atoms with Crippen molar-refractivity contribution in [2.45, 2.75) is 6.10 Å². The third-order valence-electron chi connectivity index (χ3n) is 2.02. The van der Waals surface area contributed by atoms with Gasteiger partial charge in [0.25, 0.3) is 0 Å². The van der Waals surface area contributed by atoms with Crippen LogP contribution in [0.25, 0.3) is 0 Å². The Morgan fingerprint density at radius 3 is 2.71 bits per heavy atom. The van der Waals surface area contributed by atoms with Crippen molar-refractivity contribution in [3.05, 3.63) is 30.1 Å². The van der Waals surface area contributed by atoms with Gasteiger partial charge in [0.2, 0.25) is 0 Å². The van der Waals surface area contributed by atoms with E-state index in [1.54, 1.807) is 30.1 Å². The molecular formula is C10H15FN2O. The van der Waals surface area contributed by atoms with Gasteiger partial charge >= 0.3 is 0 Å². The van der Waals surface area contributed by atoms with E-state index in [1.807, 2.05) is 0 Å². The summed E-state index contributed by atoms with van der Waals surface area (Å²) in [6.45, 7) is 0.510. The van der Waals surface area contributed by atoms with Gasteiger partial charge in [-0.25, -0.2) is 4.39 Å². The first-order valence-electron chi connectivity index (χ1n) is 4.49. The highest BCUT2D eigenvalue weighted by atomic mass is 19.1. The number of anilines is 1. The second kappa shape index (κ2) is 4.93. The molecule has 78 valence electrons. The van der Waals surface area contributed by atoms with Crippen molar-refractivity contribution >= 4 is 5.69 Å². The van der Waals surface area contributed by atoms with E-state index < -0.39 is 6.10 Å². The second-order valence-corrected chi connectivity index (χ2v) is 3.22. The quantitative estimate of drug-likeness (QED) is 0.744. The summed E-state index contributed by atoms with van der Waals surface area (Å²) in [5, 5.41) is 9.29. The highest BCUT2D eigenvalue weighted by Crippen LogP contribution is 2.16. The summed E-state index contributed by atoms with van der Waals surface area (Å²) in [7, 11) is 1.72. The minimum atomic E-state index is -0.625. The van der Waals surface area contributed by atoms with E-state index in [2.05, 4.69) is 0 Å². The van der Waals surface area contributed by atoms with Crippen LogP contribution in [0.3, 0.4) is 0 Å².